The summed E-state index contributed by atoms with van der Waals surface area (Å²) in [7, 11) is 0. The summed E-state index contributed by atoms with van der Waals surface area (Å²) in [5.74, 6) is -1.03. The second-order valence-corrected chi connectivity index (χ2v) is 8.98. The summed E-state index contributed by atoms with van der Waals surface area (Å²) in [6.45, 7) is 0.445. The van der Waals surface area contributed by atoms with Gasteiger partial charge in [-0.15, -0.1) is 0 Å². The molecule has 6 nitrogen and oxygen atoms in total. The van der Waals surface area contributed by atoms with E-state index in [1.165, 1.54) is 0 Å². The molecule has 0 radical (unpaired) electrons. The predicted molar refractivity (Wildman–Crippen MR) is 115 cm³/mol. The maximum atomic E-state index is 12.6. The van der Waals surface area contributed by atoms with Crippen LogP contribution in [-0.4, -0.2) is 24.3 Å². The average Bonchev–Trinajstić information content (AvgIpc) is 3.46. The van der Waals surface area contributed by atoms with Crippen molar-refractivity contribution >= 4 is 35.0 Å². The van der Waals surface area contributed by atoms with Crippen LogP contribution in [0.1, 0.15) is 42.7 Å². The fraction of sp³-hybridized carbons (Fsp3) is 0.333. The van der Waals surface area contributed by atoms with Crippen molar-refractivity contribution < 1.29 is 14.4 Å². The minimum atomic E-state index is -0.461. The number of carbonyl (C=O) groups is 3. The van der Waals surface area contributed by atoms with Crippen molar-refractivity contribution in [1.29, 1.82) is 5.26 Å². The van der Waals surface area contributed by atoms with E-state index in [1.807, 2.05) is 36.4 Å². The molecule has 156 valence electrons. The smallest absolute Gasteiger partial charge is 0.234 e. The molecule has 2 aromatic rings. The van der Waals surface area contributed by atoms with Crippen molar-refractivity contribution in [2.45, 2.75) is 38.0 Å². The summed E-state index contributed by atoms with van der Waals surface area (Å²) < 4.78 is 0. The van der Waals surface area contributed by atoms with Gasteiger partial charge in [-0.25, -0.2) is 0 Å². The highest BCUT2D eigenvalue weighted by molar-refractivity contribution is 6.34. The summed E-state index contributed by atoms with van der Waals surface area (Å²) in [6, 6.07) is 13.7. The van der Waals surface area contributed by atoms with E-state index < -0.39 is 11.3 Å². The molecule has 2 aliphatic heterocycles. The van der Waals surface area contributed by atoms with Crippen LogP contribution in [0.3, 0.4) is 0 Å². The molecule has 0 aromatic heterocycles. The monoisotopic (exact) mass is 433 g/mol. The predicted octanol–water partition coefficient (Wildman–Crippen LogP) is 3.72. The highest BCUT2D eigenvalue weighted by Crippen LogP contribution is 2.48. The summed E-state index contributed by atoms with van der Waals surface area (Å²) in [6.07, 6.45) is 2.70. The zero-order valence-corrected chi connectivity index (χ0v) is 17.5. The molecular weight excluding hydrogens is 414 g/mol. The van der Waals surface area contributed by atoms with E-state index in [-0.39, 0.29) is 24.1 Å². The maximum Gasteiger partial charge on any atom is 0.234 e. The number of fused-ring (bicyclic) bond motifs is 1. The second kappa shape index (κ2) is 7.21. The highest BCUT2D eigenvalue weighted by atomic mass is 35.5. The molecule has 5 rings (SSSR count). The fourth-order valence-corrected chi connectivity index (χ4v) is 4.88. The Kier molecular flexibility index (Phi) is 4.60. The van der Waals surface area contributed by atoms with Crippen LogP contribution in [0, 0.1) is 16.7 Å². The quantitative estimate of drug-likeness (QED) is 0.744. The Hall–Kier alpha value is -3.17. The Morgan fingerprint density at radius 2 is 2.00 bits per heavy atom. The maximum absolute atomic E-state index is 12.6. The van der Waals surface area contributed by atoms with Crippen LogP contribution in [-0.2, 0) is 20.8 Å². The zero-order chi connectivity index (χ0) is 21.8. The van der Waals surface area contributed by atoms with E-state index in [0.717, 1.165) is 35.2 Å². The number of amides is 3. The van der Waals surface area contributed by atoms with Crippen LogP contribution in [0.15, 0.2) is 36.4 Å². The van der Waals surface area contributed by atoms with E-state index in [0.29, 0.717) is 30.0 Å². The summed E-state index contributed by atoms with van der Waals surface area (Å²) in [5.41, 5.74) is 3.73. The van der Waals surface area contributed by atoms with Gasteiger partial charge in [-0.2, -0.15) is 5.26 Å². The first-order chi connectivity index (χ1) is 14.9. The lowest BCUT2D eigenvalue weighted by molar-refractivity contribution is -0.134. The average molecular weight is 434 g/mol. The Labute approximate surface area is 184 Å². The Bertz CT molecular complexity index is 1180. The van der Waals surface area contributed by atoms with E-state index in [4.69, 9.17) is 11.6 Å². The SMILES string of the molecule is N#CC1(CN2C(=O)Cc3cc(-c4cccc(C5CCC(=O)NC5=O)c4Cl)ccc32)CC1. The third-order valence-electron chi connectivity index (χ3n) is 6.52. The standard InChI is InChI=1S/C24H20ClN3O3/c25-22-16(2-1-3-17(22)18-5-7-20(29)27-23(18)31)14-4-6-19-15(10-14)11-21(30)28(19)13-24(12-26)8-9-24/h1-4,6,10,18H,5,7-9,11,13H2,(H,27,29,31). The highest BCUT2D eigenvalue weighted by Gasteiger charge is 2.47. The van der Waals surface area contributed by atoms with Gasteiger partial charge in [0.05, 0.1) is 28.8 Å². The number of piperidine rings is 1. The van der Waals surface area contributed by atoms with Gasteiger partial charge in [0.1, 0.15) is 0 Å². The number of anilines is 1. The normalized spacial score (nSPS) is 21.5. The van der Waals surface area contributed by atoms with Crippen LogP contribution in [0.25, 0.3) is 11.1 Å². The first-order valence-corrected chi connectivity index (χ1v) is 10.8. The van der Waals surface area contributed by atoms with E-state index in [9.17, 15) is 19.6 Å². The third-order valence-corrected chi connectivity index (χ3v) is 6.94. The van der Waals surface area contributed by atoms with Gasteiger partial charge in [0.15, 0.2) is 0 Å². The number of hydrogen-bond acceptors (Lipinski definition) is 4. The molecule has 1 N–H and O–H groups in total. The van der Waals surface area contributed by atoms with Gasteiger partial charge >= 0.3 is 0 Å². The molecule has 1 saturated heterocycles. The molecule has 0 bridgehead atoms. The van der Waals surface area contributed by atoms with Crippen molar-refractivity contribution in [3.8, 4) is 17.2 Å². The van der Waals surface area contributed by atoms with Gasteiger partial charge in [-0.3, -0.25) is 19.7 Å². The van der Waals surface area contributed by atoms with Gasteiger partial charge < -0.3 is 4.90 Å². The van der Waals surface area contributed by atoms with Crippen molar-refractivity contribution in [1.82, 2.24) is 5.32 Å². The molecule has 3 amide bonds. The zero-order valence-electron chi connectivity index (χ0n) is 16.8. The molecule has 0 spiro atoms. The molecular formula is C24H20ClN3O3. The lowest BCUT2D eigenvalue weighted by atomic mass is 9.88. The van der Waals surface area contributed by atoms with Crippen molar-refractivity contribution in [2.24, 2.45) is 5.41 Å². The number of hydrogen-bond donors (Lipinski definition) is 1. The van der Waals surface area contributed by atoms with Crippen LogP contribution in [0.2, 0.25) is 5.02 Å². The topological polar surface area (TPSA) is 90.3 Å². The molecule has 1 aliphatic carbocycles. The van der Waals surface area contributed by atoms with Gasteiger partial charge in [0, 0.05) is 24.2 Å². The van der Waals surface area contributed by atoms with Gasteiger partial charge in [0.2, 0.25) is 17.7 Å². The Balaban J connectivity index is 1.47. The van der Waals surface area contributed by atoms with E-state index in [1.54, 1.807) is 4.90 Å². The molecule has 2 fully saturated rings. The van der Waals surface area contributed by atoms with Crippen molar-refractivity contribution in [3.05, 3.63) is 52.5 Å². The molecule has 1 atom stereocenters. The first-order valence-electron chi connectivity index (χ1n) is 10.4. The number of benzene rings is 2. The molecule has 7 heteroatoms. The first kappa shape index (κ1) is 19.8. The summed E-state index contributed by atoms with van der Waals surface area (Å²) >= 11 is 6.72. The molecule has 31 heavy (non-hydrogen) atoms. The lowest BCUT2D eigenvalue weighted by Gasteiger charge is -2.23. The molecule has 1 unspecified atom stereocenters. The van der Waals surface area contributed by atoms with Gasteiger partial charge in [0.25, 0.3) is 0 Å². The fourth-order valence-electron chi connectivity index (χ4n) is 4.52. The number of nitrogens with zero attached hydrogens (tertiary/aromatic N) is 2. The molecule has 3 aliphatic rings. The van der Waals surface area contributed by atoms with Crippen molar-refractivity contribution in [3.63, 3.8) is 0 Å². The van der Waals surface area contributed by atoms with E-state index in [2.05, 4.69) is 11.4 Å². The number of halogens is 1. The minimum absolute atomic E-state index is 0.0112. The molecule has 2 heterocycles. The van der Waals surface area contributed by atoms with Crippen LogP contribution in [0.4, 0.5) is 5.69 Å². The minimum Gasteiger partial charge on any atom is -0.310 e. The van der Waals surface area contributed by atoms with E-state index >= 15 is 0 Å². The summed E-state index contributed by atoms with van der Waals surface area (Å²) in [4.78, 5) is 38.1. The number of carbonyl (C=O) groups excluding carboxylic acids is 3. The molecule has 2 aromatic carbocycles. The Morgan fingerprint density at radius 1 is 1.19 bits per heavy atom. The number of imide groups is 1. The summed E-state index contributed by atoms with van der Waals surface area (Å²) in [5, 5.41) is 12.3. The van der Waals surface area contributed by atoms with Crippen LogP contribution in [0.5, 0.6) is 0 Å². The van der Waals surface area contributed by atoms with Crippen LogP contribution < -0.4 is 10.2 Å². The molecule has 1 saturated carbocycles. The third kappa shape index (κ3) is 3.39. The number of nitriles is 1. The van der Waals surface area contributed by atoms with Gasteiger partial charge in [-0.1, -0.05) is 35.9 Å². The second-order valence-electron chi connectivity index (χ2n) is 8.60. The lowest BCUT2D eigenvalue weighted by Crippen LogP contribution is -2.39. The largest absolute Gasteiger partial charge is 0.310 e. The van der Waals surface area contributed by atoms with Crippen molar-refractivity contribution in [2.75, 3.05) is 11.4 Å². The van der Waals surface area contributed by atoms with Crippen LogP contribution >= 0.6 is 11.6 Å². The Morgan fingerprint density at radius 3 is 2.71 bits per heavy atom. The number of rotatable bonds is 4. The van der Waals surface area contributed by atoms with Gasteiger partial charge in [-0.05, 0) is 48.1 Å². The number of nitrogens with one attached hydrogen (secondary N) is 1.